The van der Waals surface area contributed by atoms with Crippen molar-refractivity contribution in [3.05, 3.63) is 64.2 Å². The Morgan fingerprint density at radius 1 is 1.23 bits per heavy atom. The topological polar surface area (TPSA) is 96.3 Å². The number of nitrogens with zero attached hydrogens (tertiary/aromatic N) is 1. The lowest BCUT2D eigenvalue weighted by Crippen LogP contribution is -2.36. The van der Waals surface area contributed by atoms with Crippen LogP contribution in [0.15, 0.2) is 48.0 Å². The van der Waals surface area contributed by atoms with Gasteiger partial charge >= 0.3 is 0 Å². The van der Waals surface area contributed by atoms with Crippen molar-refractivity contribution in [2.45, 2.75) is 25.0 Å². The van der Waals surface area contributed by atoms with Crippen LogP contribution in [0.25, 0.3) is 5.76 Å². The molecule has 2 aliphatic heterocycles. The fourth-order valence-corrected chi connectivity index (χ4v) is 4.18. The third-order valence-electron chi connectivity index (χ3n) is 5.60. The number of aliphatic hydroxyl groups excluding tert-OH is 1. The molecule has 162 valence electrons. The van der Waals surface area contributed by atoms with E-state index in [0.29, 0.717) is 22.8 Å². The minimum absolute atomic E-state index is 0.0296. The summed E-state index contributed by atoms with van der Waals surface area (Å²) >= 11 is 5.94. The number of hydrogen-bond acceptors (Lipinski definition) is 6. The first-order valence-corrected chi connectivity index (χ1v) is 10.3. The number of carbonyl (C=O) groups excluding carboxylic acids is 2. The number of methoxy groups -OCH3 is 1. The summed E-state index contributed by atoms with van der Waals surface area (Å²) in [6, 6.07) is 10.1. The van der Waals surface area contributed by atoms with Crippen molar-refractivity contribution in [3.63, 3.8) is 0 Å². The molecule has 8 heteroatoms. The number of benzene rings is 2. The molecule has 0 saturated carbocycles. The number of ether oxygens (including phenoxy) is 2. The molecule has 7 nitrogen and oxygen atoms in total. The van der Waals surface area contributed by atoms with Gasteiger partial charge in [0.05, 0.1) is 24.8 Å². The molecule has 31 heavy (non-hydrogen) atoms. The zero-order valence-electron chi connectivity index (χ0n) is 16.9. The predicted molar refractivity (Wildman–Crippen MR) is 114 cm³/mol. The summed E-state index contributed by atoms with van der Waals surface area (Å²) in [6.07, 6.45) is 1.48. The molecule has 2 fully saturated rings. The van der Waals surface area contributed by atoms with Gasteiger partial charge in [0.2, 0.25) is 0 Å². The molecule has 2 heterocycles. The van der Waals surface area contributed by atoms with E-state index in [1.807, 2.05) is 0 Å². The lowest BCUT2D eigenvalue weighted by Gasteiger charge is -2.27. The van der Waals surface area contributed by atoms with Crippen LogP contribution in [0.5, 0.6) is 11.5 Å². The van der Waals surface area contributed by atoms with Gasteiger partial charge in [0.1, 0.15) is 5.76 Å². The van der Waals surface area contributed by atoms with Crippen LogP contribution in [-0.2, 0) is 14.3 Å². The molecule has 2 N–H and O–H groups in total. The van der Waals surface area contributed by atoms with Crippen molar-refractivity contribution in [1.29, 1.82) is 0 Å². The lowest BCUT2D eigenvalue weighted by atomic mass is 9.95. The number of phenols is 1. The molecule has 0 spiro atoms. The first kappa shape index (κ1) is 21.2. The van der Waals surface area contributed by atoms with Crippen molar-refractivity contribution in [3.8, 4) is 11.5 Å². The highest BCUT2D eigenvalue weighted by Gasteiger charge is 2.47. The van der Waals surface area contributed by atoms with Crippen molar-refractivity contribution < 1.29 is 29.3 Å². The molecule has 2 aromatic rings. The number of amides is 1. The number of hydrogen-bond donors (Lipinski definition) is 2. The first-order valence-electron chi connectivity index (χ1n) is 9.93. The zero-order chi connectivity index (χ0) is 22.1. The summed E-state index contributed by atoms with van der Waals surface area (Å²) in [5.41, 5.74) is 0.871. The normalized spacial score (nSPS) is 22.8. The average Bonchev–Trinajstić information content (AvgIpc) is 3.37. The summed E-state index contributed by atoms with van der Waals surface area (Å²) in [7, 11) is 1.41. The van der Waals surface area contributed by atoms with Crippen molar-refractivity contribution in [1.82, 2.24) is 4.90 Å². The summed E-state index contributed by atoms with van der Waals surface area (Å²) in [5, 5.41) is 21.5. The van der Waals surface area contributed by atoms with E-state index in [-0.39, 0.29) is 35.5 Å². The third-order valence-corrected chi connectivity index (χ3v) is 5.85. The highest BCUT2D eigenvalue weighted by Crippen LogP contribution is 2.42. The summed E-state index contributed by atoms with van der Waals surface area (Å²) < 4.78 is 10.9. The molecular formula is C23H22ClNO6. The maximum absolute atomic E-state index is 13.0. The van der Waals surface area contributed by atoms with Gasteiger partial charge < -0.3 is 24.6 Å². The molecule has 4 rings (SSSR count). The van der Waals surface area contributed by atoms with Gasteiger partial charge in [-0.3, -0.25) is 9.59 Å². The minimum atomic E-state index is -0.852. The number of carbonyl (C=O) groups is 2. The van der Waals surface area contributed by atoms with Crippen LogP contribution in [0.4, 0.5) is 0 Å². The van der Waals surface area contributed by atoms with E-state index < -0.39 is 17.7 Å². The molecule has 0 radical (unpaired) electrons. The van der Waals surface area contributed by atoms with Crippen LogP contribution in [0, 0.1) is 0 Å². The summed E-state index contributed by atoms with van der Waals surface area (Å²) in [4.78, 5) is 27.4. The Labute approximate surface area is 184 Å². The van der Waals surface area contributed by atoms with E-state index in [2.05, 4.69) is 0 Å². The molecule has 0 aliphatic carbocycles. The van der Waals surface area contributed by atoms with E-state index in [1.54, 1.807) is 36.4 Å². The van der Waals surface area contributed by atoms with Crippen LogP contribution in [0.2, 0.25) is 5.02 Å². The lowest BCUT2D eigenvalue weighted by molar-refractivity contribution is -0.140. The Hall–Kier alpha value is -3.03. The van der Waals surface area contributed by atoms with Crippen LogP contribution >= 0.6 is 11.6 Å². The van der Waals surface area contributed by atoms with E-state index in [1.165, 1.54) is 18.1 Å². The SMILES string of the molecule is COc1cc([C@@H]2C(=C(O)c3ccc(Cl)cc3)C(=O)C(=O)N2C[C@@H]2CCCO2)ccc1O. The second kappa shape index (κ2) is 8.61. The maximum atomic E-state index is 13.0. The van der Waals surface area contributed by atoms with Crippen molar-refractivity contribution in [2.24, 2.45) is 0 Å². The standard InChI is InChI=1S/C23H22ClNO6/c1-30-18-11-14(6-9-17(18)26)20-19(21(27)13-4-7-15(24)8-5-13)22(28)23(29)25(20)12-16-3-2-10-31-16/h4-9,11,16,20,26-27H,2-3,10,12H2,1H3/t16-,20+/m0/s1. The molecule has 2 atom stereocenters. The zero-order valence-corrected chi connectivity index (χ0v) is 17.6. The van der Waals surface area contributed by atoms with E-state index in [0.717, 1.165) is 12.8 Å². The quantitative estimate of drug-likeness (QED) is 0.416. The van der Waals surface area contributed by atoms with E-state index in [4.69, 9.17) is 21.1 Å². The second-order valence-corrected chi connectivity index (χ2v) is 7.96. The Bertz CT molecular complexity index is 1040. The Morgan fingerprint density at radius 3 is 2.61 bits per heavy atom. The molecule has 1 amide bonds. The Morgan fingerprint density at radius 2 is 1.97 bits per heavy atom. The monoisotopic (exact) mass is 443 g/mol. The number of aromatic hydroxyl groups is 1. The van der Waals surface area contributed by atoms with Crippen LogP contribution < -0.4 is 4.74 Å². The van der Waals surface area contributed by atoms with Gasteiger partial charge in [-0.1, -0.05) is 17.7 Å². The molecular weight excluding hydrogens is 422 g/mol. The average molecular weight is 444 g/mol. The Balaban J connectivity index is 1.85. The fourth-order valence-electron chi connectivity index (χ4n) is 4.05. The van der Waals surface area contributed by atoms with Gasteiger partial charge in [-0.15, -0.1) is 0 Å². The highest BCUT2D eigenvalue weighted by atomic mass is 35.5. The number of ketones is 1. The number of aliphatic hydroxyl groups is 1. The van der Waals surface area contributed by atoms with Gasteiger partial charge in [-0.2, -0.15) is 0 Å². The smallest absolute Gasteiger partial charge is 0.295 e. The molecule has 0 unspecified atom stereocenters. The van der Waals surface area contributed by atoms with Gasteiger partial charge in [-0.05, 0) is 54.8 Å². The van der Waals surface area contributed by atoms with E-state index >= 15 is 0 Å². The number of rotatable bonds is 5. The minimum Gasteiger partial charge on any atom is -0.507 e. The summed E-state index contributed by atoms with van der Waals surface area (Å²) in [6.45, 7) is 0.826. The van der Waals surface area contributed by atoms with E-state index in [9.17, 15) is 19.8 Å². The molecule has 0 aromatic heterocycles. The molecule has 2 aliphatic rings. The summed E-state index contributed by atoms with van der Waals surface area (Å²) in [5.74, 6) is -1.64. The number of likely N-dealkylation sites (tertiary alicyclic amines) is 1. The first-order chi connectivity index (χ1) is 14.9. The van der Waals surface area contributed by atoms with Gasteiger partial charge in [0.25, 0.3) is 11.7 Å². The van der Waals surface area contributed by atoms with Gasteiger partial charge in [-0.25, -0.2) is 0 Å². The molecule has 2 aromatic carbocycles. The van der Waals surface area contributed by atoms with Crippen LogP contribution in [-0.4, -0.2) is 53.2 Å². The number of Topliss-reactive ketones (excluding diaryl/α,β-unsaturated/α-hetero) is 1. The van der Waals surface area contributed by atoms with Gasteiger partial charge in [0, 0.05) is 23.7 Å². The Kier molecular flexibility index (Phi) is 5.89. The van der Waals surface area contributed by atoms with Crippen molar-refractivity contribution in [2.75, 3.05) is 20.3 Å². The predicted octanol–water partition coefficient (Wildman–Crippen LogP) is 3.65. The van der Waals surface area contributed by atoms with Crippen LogP contribution in [0.3, 0.4) is 0 Å². The highest BCUT2D eigenvalue weighted by molar-refractivity contribution is 6.46. The maximum Gasteiger partial charge on any atom is 0.295 e. The number of halogens is 1. The molecule has 2 saturated heterocycles. The van der Waals surface area contributed by atoms with Crippen LogP contribution in [0.1, 0.15) is 30.0 Å². The van der Waals surface area contributed by atoms with Gasteiger partial charge in [0.15, 0.2) is 11.5 Å². The number of phenolic OH excluding ortho intramolecular Hbond substituents is 1. The largest absolute Gasteiger partial charge is 0.507 e. The third kappa shape index (κ3) is 3.98. The van der Waals surface area contributed by atoms with Crippen molar-refractivity contribution >= 4 is 29.1 Å². The molecule has 0 bridgehead atoms. The second-order valence-electron chi connectivity index (χ2n) is 7.52. The fraction of sp³-hybridized carbons (Fsp3) is 0.304.